The molecule has 4 nitrogen and oxygen atoms in total. The van der Waals surface area contributed by atoms with E-state index in [1.165, 1.54) is 4.88 Å². The maximum Gasteiger partial charge on any atom is 0.242 e. The molecule has 5 heteroatoms. The molecule has 2 heterocycles. The molecule has 1 aliphatic rings. The van der Waals surface area contributed by atoms with E-state index in [2.05, 4.69) is 5.32 Å². The SMILES string of the molecule is CN(Cc1cccs1)C(=O)C1COCCN1. The summed E-state index contributed by atoms with van der Waals surface area (Å²) in [6.45, 7) is 2.60. The van der Waals surface area contributed by atoms with E-state index in [-0.39, 0.29) is 11.9 Å². The van der Waals surface area contributed by atoms with E-state index >= 15 is 0 Å². The van der Waals surface area contributed by atoms with Crippen LogP contribution < -0.4 is 5.32 Å². The quantitative estimate of drug-likeness (QED) is 0.845. The molecule has 0 bridgehead atoms. The summed E-state index contributed by atoms with van der Waals surface area (Å²) in [6.07, 6.45) is 0. The molecule has 0 saturated carbocycles. The monoisotopic (exact) mass is 240 g/mol. The predicted molar refractivity (Wildman–Crippen MR) is 63.4 cm³/mol. The van der Waals surface area contributed by atoms with Crippen LogP contribution in [0.1, 0.15) is 4.88 Å². The van der Waals surface area contributed by atoms with Crippen LogP contribution in [0.4, 0.5) is 0 Å². The topological polar surface area (TPSA) is 41.6 Å². The van der Waals surface area contributed by atoms with Gasteiger partial charge in [-0.2, -0.15) is 0 Å². The minimum Gasteiger partial charge on any atom is -0.378 e. The molecule has 88 valence electrons. The number of nitrogens with one attached hydrogen (secondary N) is 1. The van der Waals surface area contributed by atoms with Crippen molar-refractivity contribution < 1.29 is 9.53 Å². The van der Waals surface area contributed by atoms with Crippen LogP contribution in [-0.2, 0) is 16.1 Å². The van der Waals surface area contributed by atoms with Gasteiger partial charge in [0.1, 0.15) is 6.04 Å². The summed E-state index contributed by atoms with van der Waals surface area (Å²) in [5.74, 6) is 0.105. The molecule has 16 heavy (non-hydrogen) atoms. The summed E-state index contributed by atoms with van der Waals surface area (Å²) in [5, 5.41) is 5.19. The maximum absolute atomic E-state index is 12.0. The highest BCUT2D eigenvalue weighted by Gasteiger charge is 2.24. The summed E-state index contributed by atoms with van der Waals surface area (Å²) in [7, 11) is 1.83. The first-order valence-corrected chi connectivity index (χ1v) is 6.24. The van der Waals surface area contributed by atoms with Crippen molar-refractivity contribution in [3.8, 4) is 0 Å². The normalized spacial score (nSPS) is 20.7. The first-order valence-electron chi connectivity index (χ1n) is 5.36. The van der Waals surface area contributed by atoms with Gasteiger partial charge in [0.15, 0.2) is 0 Å². The molecular formula is C11H16N2O2S. The Balaban J connectivity index is 1.88. The number of nitrogens with zero attached hydrogens (tertiary/aromatic N) is 1. The number of carbonyl (C=O) groups is 1. The van der Waals surface area contributed by atoms with E-state index in [0.29, 0.717) is 19.8 Å². The van der Waals surface area contributed by atoms with E-state index in [0.717, 1.165) is 6.54 Å². The number of hydrogen-bond acceptors (Lipinski definition) is 4. The summed E-state index contributed by atoms with van der Waals surface area (Å²) in [5.41, 5.74) is 0. The second-order valence-electron chi connectivity index (χ2n) is 3.86. The summed E-state index contributed by atoms with van der Waals surface area (Å²) in [6, 6.07) is 3.86. The molecule has 1 fully saturated rings. The van der Waals surface area contributed by atoms with Gasteiger partial charge in [0.2, 0.25) is 5.91 Å². The molecule has 1 aliphatic heterocycles. The van der Waals surface area contributed by atoms with Crippen LogP contribution in [0.3, 0.4) is 0 Å². The predicted octanol–water partition coefficient (Wildman–Crippen LogP) is 0.695. The van der Waals surface area contributed by atoms with Gasteiger partial charge in [0, 0.05) is 18.5 Å². The highest BCUT2D eigenvalue weighted by molar-refractivity contribution is 7.09. The Bertz CT molecular complexity index is 334. The molecule has 1 aromatic heterocycles. The van der Waals surface area contributed by atoms with Crippen molar-refractivity contribution in [2.24, 2.45) is 0 Å². The van der Waals surface area contributed by atoms with Crippen molar-refractivity contribution in [1.29, 1.82) is 0 Å². The lowest BCUT2D eigenvalue weighted by Crippen LogP contribution is -2.51. The molecular weight excluding hydrogens is 224 g/mol. The standard InChI is InChI=1S/C11H16N2O2S/c1-13(7-9-3-2-6-16-9)11(14)10-8-15-5-4-12-10/h2-3,6,10,12H,4-5,7-8H2,1H3. The molecule has 0 aliphatic carbocycles. The molecule has 0 aromatic carbocycles. The fourth-order valence-corrected chi connectivity index (χ4v) is 2.46. The fourth-order valence-electron chi connectivity index (χ4n) is 1.70. The molecule has 2 rings (SSSR count). The minimum absolute atomic E-state index is 0.105. The van der Waals surface area contributed by atoms with Gasteiger partial charge in [-0.3, -0.25) is 4.79 Å². The van der Waals surface area contributed by atoms with Crippen LogP contribution in [0, 0.1) is 0 Å². The van der Waals surface area contributed by atoms with Crippen LogP contribution in [0.25, 0.3) is 0 Å². The number of ether oxygens (including phenoxy) is 1. The third kappa shape index (κ3) is 2.81. The van der Waals surface area contributed by atoms with Gasteiger partial charge in [-0.05, 0) is 11.4 Å². The van der Waals surface area contributed by atoms with Crippen molar-refractivity contribution in [3.05, 3.63) is 22.4 Å². The maximum atomic E-state index is 12.0. The van der Waals surface area contributed by atoms with E-state index in [9.17, 15) is 4.79 Å². The van der Waals surface area contributed by atoms with Gasteiger partial charge in [-0.25, -0.2) is 0 Å². The van der Waals surface area contributed by atoms with Crippen LogP contribution in [0.5, 0.6) is 0 Å². The van der Waals surface area contributed by atoms with Crippen LogP contribution in [0.15, 0.2) is 17.5 Å². The Morgan fingerprint density at radius 2 is 2.62 bits per heavy atom. The van der Waals surface area contributed by atoms with Gasteiger partial charge in [-0.15, -0.1) is 11.3 Å². The number of morpholine rings is 1. The summed E-state index contributed by atoms with van der Waals surface area (Å²) >= 11 is 1.67. The van der Waals surface area contributed by atoms with Crippen LogP contribution in [-0.4, -0.2) is 43.7 Å². The highest BCUT2D eigenvalue weighted by atomic mass is 32.1. The third-order valence-corrected chi connectivity index (χ3v) is 3.43. The molecule has 1 unspecified atom stereocenters. The average Bonchev–Trinajstić information content (AvgIpc) is 2.82. The second kappa shape index (κ2) is 5.43. The van der Waals surface area contributed by atoms with Crippen molar-refractivity contribution in [3.63, 3.8) is 0 Å². The molecule has 1 aromatic rings. The van der Waals surface area contributed by atoms with E-state index in [4.69, 9.17) is 4.74 Å². The first-order chi connectivity index (χ1) is 7.77. The summed E-state index contributed by atoms with van der Waals surface area (Å²) < 4.78 is 5.28. The van der Waals surface area contributed by atoms with Crippen molar-refractivity contribution in [2.45, 2.75) is 12.6 Å². The number of amides is 1. The lowest BCUT2D eigenvalue weighted by atomic mass is 10.2. The molecule has 0 spiro atoms. The second-order valence-corrected chi connectivity index (χ2v) is 4.89. The van der Waals surface area contributed by atoms with Crippen molar-refractivity contribution >= 4 is 17.2 Å². The zero-order valence-corrected chi connectivity index (χ0v) is 10.1. The Labute approximate surface area is 99.2 Å². The average molecular weight is 240 g/mol. The summed E-state index contributed by atoms with van der Waals surface area (Å²) in [4.78, 5) is 15.0. The van der Waals surface area contributed by atoms with Gasteiger partial charge >= 0.3 is 0 Å². The van der Waals surface area contributed by atoms with Gasteiger partial charge in [0.25, 0.3) is 0 Å². The highest BCUT2D eigenvalue weighted by Crippen LogP contribution is 2.11. The van der Waals surface area contributed by atoms with Crippen molar-refractivity contribution in [1.82, 2.24) is 10.2 Å². The van der Waals surface area contributed by atoms with E-state index < -0.39 is 0 Å². The molecule has 1 N–H and O–H groups in total. The number of rotatable bonds is 3. The molecule has 1 saturated heterocycles. The van der Waals surface area contributed by atoms with E-state index in [1.807, 2.05) is 24.6 Å². The molecule has 1 amide bonds. The lowest BCUT2D eigenvalue weighted by Gasteiger charge is -2.27. The number of hydrogen-bond donors (Lipinski definition) is 1. The van der Waals surface area contributed by atoms with Gasteiger partial charge in [0.05, 0.1) is 19.8 Å². The first kappa shape index (κ1) is 11.6. The van der Waals surface area contributed by atoms with Crippen LogP contribution >= 0.6 is 11.3 Å². The minimum atomic E-state index is -0.182. The molecule has 1 atom stereocenters. The fraction of sp³-hybridized carbons (Fsp3) is 0.545. The Hall–Kier alpha value is -0.910. The van der Waals surface area contributed by atoms with E-state index in [1.54, 1.807) is 16.2 Å². The zero-order valence-electron chi connectivity index (χ0n) is 9.31. The smallest absolute Gasteiger partial charge is 0.242 e. The number of likely N-dealkylation sites (N-methyl/N-ethyl adjacent to an activating group) is 1. The zero-order chi connectivity index (χ0) is 11.4. The largest absolute Gasteiger partial charge is 0.378 e. The Morgan fingerprint density at radius 3 is 3.25 bits per heavy atom. The number of carbonyl (C=O) groups excluding carboxylic acids is 1. The number of thiophene rings is 1. The lowest BCUT2D eigenvalue weighted by molar-refractivity contribution is -0.135. The van der Waals surface area contributed by atoms with Gasteiger partial charge in [-0.1, -0.05) is 6.07 Å². The Morgan fingerprint density at radius 1 is 1.75 bits per heavy atom. The van der Waals surface area contributed by atoms with Crippen LogP contribution in [0.2, 0.25) is 0 Å². The Kier molecular flexibility index (Phi) is 3.93. The molecule has 0 radical (unpaired) electrons. The van der Waals surface area contributed by atoms with Gasteiger partial charge < -0.3 is 15.0 Å². The third-order valence-electron chi connectivity index (χ3n) is 2.57. The van der Waals surface area contributed by atoms with Crippen molar-refractivity contribution in [2.75, 3.05) is 26.8 Å².